The lowest BCUT2D eigenvalue weighted by Gasteiger charge is -2.23. The molecule has 18 heavy (non-hydrogen) atoms. The first-order chi connectivity index (χ1) is 8.66. The van der Waals surface area contributed by atoms with Crippen molar-refractivity contribution in [1.82, 2.24) is 4.90 Å². The van der Waals surface area contributed by atoms with Crippen LogP contribution in [0.2, 0.25) is 0 Å². The number of hydrogen-bond donors (Lipinski definition) is 0. The molecule has 2 amide bonds. The number of rotatable bonds is 2. The molecule has 1 saturated heterocycles. The van der Waals surface area contributed by atoms with Crippen LogP contribution >= 0.6 is 15.9 Å². The van der Waals surface area contributed by atoms with Gasteiger partial charge in [-0.25, -0.2) is 0 Å². The van der Waals surface area contributed by atoms with E-state index in [1.165, 1.54) is 11.0 Å². The second-order valence-corrected chi connectivity index (χ2v) is 4.74. The van der Waals surface area contributed by atoms with E-state index in [4.69, 9.17) is 4.74 Å². The Bertz CT molecular complexity index is 482. The van der Waals surface area contributed by atoms with Gasteiger partial charge in [0, 0.05) is 10.5 Å². The second kappa shape index (κ2) is 5.93. The molecule has 1 aromatic rings. The van der Waals surface area contributed by atoms with Gasteiger partial charge in [-0.15, -0.1) is 0 Å². The average Bonchev–Trinajstić information content (AvgIpc) is 2.38. The van der Waals surface area contributed by atoms with Crippen LogP contribution in [0.3, 0.4) is 0 Å². The Hall–Kier alpha value is -1.46. The largest absolute Gasteiger partial charge is 0.370 e. The van der Waals surface area contributed by atoms with Crippen LogP contribution in [-0.4, -0.2) is 36.5 Å². The third-order valence-electron chi connectivity index (χ3n) is 2.54. The summed E-state index contributed by atoms with van der Waals surface area (Å²) < 4.78 is 5.95. The number of halogens is 1. The molecule has 94 valence electrons. The normalized spacial score (nSPS) is 16.3. The van der Waals surface area contributed by atoms with E-state index < -0.39 is 0 Å². The number of ether oxygens (including phenoxy) is 1. The van der Waals surface area contributed by atoms with Crippen molar-refractivity contribution in [1.29, 1.82) is 0 Å². The van der Waals surface area contributed by atoms with Gasteiger partial charge in [0.15, 0.2) is 0 Å². The number of nitrogens with zero attached hydrogens (tertiary/aromatic N) is 1. The topological polar surface area (TPSA) is 46.6 Å². The van der Waals surface area contributed by atoms with E-state index in [2.05, 4.69) is 15.9 Å². The van der Waals surface area contributed by atoms with E-state index in [0.717, 1.165) is 10.0 Å². The van der Waals surface area contributed by atoms with Crippen molar-refractivity contribution < 1.29 is 14.3 Å². The minimum atomic E-state index is -0.300. The van der Waals surface area contributed by atoms with Crippen LogP contribution in [0, 0.1) is 0 Å². The number of hydrogen-bond acceptors (Lipinski definition) is 3. The van der Waals surface area contributed by atoms with Crippen molar-refractivity contribution in [2.75, 3.05) is 19.8 Å². The summed E-state index contributed by atoms with van der Waals surface area (Å²) in [6.07, 6.45) is 3.10. The quantitative estimate of drug-likeness (QED) is 0.783. The average molecular weight is 310 g/mol. The molecule has 0 atom stereocenters. The maximum absolute atomic E-state index is 11.8. The SMILES string of the molecule is O=C(/C=C/c1ccc(Br)cc1)N1CCOCC1=O. The molecule has 0 unspecified atom stereocenters. The Morgan fingerprint density at radius 3 is 2.72 bits per heavy atom. The molecule has 4 nitrogen and oxygen atoms in total. The van der Waals surface area contributed by atoms with Gasteiger partial charge in [0.25, 0.3) is 11.8 Å². The van der Waals surface area contributed by atoms with Crippen LogP contribution in [0.4, 0.5) is 0 Å². The van der Waals surface area contributed by atoms with Crippen LogP contribution < -0.4 is 0 Å². The molecule has 1 aliphatic rings. The third-order valence-corrected chi connectivity index (χ3v) is 3.07. The monoisotopic (exact) mass is 309 g/mol. The number of carbonyl (C=O) groups is 2. The minimum Gasteiger partial charge on any atom is -0.370 e. The lowest BCUT2D eigenvalue weighted by molar-refractivity contribution is -0.151. The summed E-state index contributed by atoms with van der Waals surface area (Å²) in [5.74, 6) is -0.585. The summed E-state index contributed by atoms with van der Waals surface area (Å²) in [5.41, 5.74) is 0.909. The van der Waals surface area contributed by atoms with Gasteiger partial charge in [0.1, 0.15) is 6.61 Å². The summed E-state index contributed by atoms with van der Waals surface area (Å²) in [4.78, 5) is 24.4. The molecule has 0 saturated carbocycles. The van der Waals surface area contributed by atoms with Crippen LogP contribution in [0.5, 0.6) is 0 Å². The number of benzene rings is 1. The molecule has 0 spiro atoms. The van der Waals surface area contributed by atoms with Crippen LogP contribution in [0.1, 0.15) is 5.56 Å². The lowest BCUT2D eigenvalue weighted by Crippen LogP contribution is -2.44. The smallest absolute Gasteiger partial charge is 0.255 e. The highest BCUT2D eigenvalue weighted by Gasteiger charge is 2.22. The van der Waals surface area contributed by atoms with Gasteiger partial charge in [0.05, 0.1) is 13.2 Å². The fraction of sp³-hybridized carbons (Fsp3) is 0.231. The van der Waals surface area contributed by atoms with Crippen LogP contribution in [-0.2, 0) is 14.3 Å². The van der Waals surface area contributed by atoms with E-state index in [0.29, 0.717) is 13.2 Å². The Morgan fingerprint density at radius 2 is 2.06 bits per heavy atom. The summed E-state index contributed by atoms with van der Waals surface area (Å²) in [6.45, 7) is 0.712. The molecule has 5 heteroatoms. The van der Waals surface area contributed by atoms with Crippen molar-refractivity contribution in [3.8, 4) is 0 Å². The fourth-order valence-corrected chi connectivity index (χ4v) is 1.85. The summed E-state index contributed by atoms with van der Waals surface area (Å²) in [7, 11) is 0. The molecule has 0 aromatic heterocycles. The Balaban J connectivity index is 2.02. The maximum Gasteiger partial charge on any atom is 0.255 e. The highest BCUT2D eigenvalue weighted by Crippen LogP contribution is 2.11. The molecule has 1 fully saturated rings. The van der Waals surface area contributed by atoms with Crippen molar-refractivity contribution in [2.45, 2.75) is 0 Å². The molecule has 0 radical (unpaired) electrons. The zero-order valence-corrected chi connectivity index (χ0v) is 11.2. The third kappa shape index (κ3) is 3.27. The van der Waals surface area contributed by atoms with Crippen molar-refractivity contribution in [3.05, 3.63) is 40.4 Å². The van der Waals surface area contributed by atoms with Crippen molar-refractivity contribution in [3.63, 3.8) is 0 Å². The lowest BCUT2D eigenvalue weighted by atomic mass is 10.2. The summed E-state index contributed by atoms with van der Waals surface area (Å²) in [6, 6.07) is 7.55. The predicted molar refractivity (Wildman–Crippen MR) is 70.7 cm³/mol. The molecular formula is C13H12BrNO3. The standard InChI is InChI=1S/C13H12BrNO3/c14-11-4-1-10(2-5-11)3-6-12(16)15-7-8-18-9-13(15)17/h1-6H,7-9H2/b6-3+. The molecule has 1 heterocycles. The number of imide groups is 1. The number of carbonyl (C=O) groups excluding carboxylic acids is 2. The van der Waals surface area contributed by atoms with Crippen LogP contribution in [0.25, 0.3) is 6.08 Å². The van der Waals surface area contributed by atoms with Gasteiger partial charge in [-0.1, -0.05) is 28.1 Å². The highest BCUT2D eigenvalue weighted by atomic mass is 79.9. The molecule has 0 N–H and O–H groups in total. The zero-order valence-electron chi connectivity index (χ0n) is 9.64. The van der Waals surface area contributed by atoms with E-state index in [-0.39, 0.29) is 18.4 Å². The van der Waals surface area contributed by atoms with Gasteiger partial charge in [0.2, 0.25) is 0 Å². The molecule has 0 bridgehead atoms. The van der Waals surface area contributed by atoms with E-state index in [1.54, 1.807) is 6.08 Å². The van der Waals surface area contributed by atoms with Gasteiger partial charge < -0.3 is 4.74 Å². The van der Waals surface area contributed by atoms with Gasteiger partial charge in [-0.2, -0.15) is 0 Å². The first-order valence-corrected chi connectivity index (χ1v) is 6.32. The van der Waals surface area contributed by atoms with Crippen molar-refractivity contribution in [2.24, 2.45) is 0 Å². The van der Waals surface area contributed by atoms with Crippen LogP contribution in [0.15, 0.2) is 34.8 Å². The van der Waals surface area contributed by atoms with E-state index in [9.17, 15) is 9.59 Å². The summed E-state index contributed by atoms with van der Waals surface area (Å²) in [5, 5.41) is 0. The number of amides is 2. The van der Waals surface area contributed by atoms with Crippen molar-refractivity contribution >= 4 is 33.8 Å². The van der Waals surface area contributed by atoms with Gasteiger partial charge >= 0.3 is 0 Å². The second-order valence-electron chi connectivity index (χ2n) is 3.82. The van der Waals surface area contributed by atoms with Gasteiger partial charge in [-0.05, 0) is 23.8 Å². The Kier molecular flexibility index (Phi) is 4.28. The fourth-order valence-electron chi connectivity index (χ4n) is 1.58. The molecule has 1 aliphatic heterocycles. The Labute approximate surface area is 113 Å². The minimum absolute atomic E-state index is 0.0160. The first kappa shape index (κ1) is 13.0. The molecule has 0 aliphatic carbocycles. The maximum atomic E-state index is 11.8. The van der Waals surface area contributed by atoms with E-state index in [1.807, 2.05) is 24.3 Å². The predicted octanol–water partition coefficient (Wildman–Crippen LogP) is 1.85. The molecular weight excluding hydrogens is 298 g/mol. The van der Waals surface area contributed by atoms with E-state index >= 15 is 0 Å². The molecule has 2 rings (SSSR count). The zero-order chi connectivity index (χ0) is 13.0. The first-order valence-electron chi connectivity index (χ1n) is 5.52. The summed E-state index contributed by atoms with van der Waals surface area (Å²) >= 11 is 3.34. The van der Waals surface area contributed by atoms with Gasteiger partial charge in [-0.3, -0.25) is 14.5 Å². The number of morpholine rings is 1. The molecule has 1 aromatic carbocycles. The highest BCUT2D eigenvalue weighted by molar-refractivity contribution is 9.10. The Morgan fingerprint density at radius 1 is 1.33 bits per heavy atom.